The summed E-state index contributed by atoms with van der Waals surface area (Å²) in [6, 6.07) is 11.0. The zero-order chi connectivity index (χ0) is 18.2. The van der Waals surface area contributed by atoms with Gasteiger partial charge in [0.15, 0.2) is 6.61 Å². The molecule has 8 heteroatoms. The Balaban J connectivity index is 1.87. The van der Waals surface area contributed by atoms with Crippen molar-refractivity contribution < 1.29 is 23.6 Å². The van der Waals surface area contributed by atoms with Gasteiger partial charge in [-0.25, -0.2) is 9.18 Å². The Morgan fingerprint density at radius 1 is 1.16 bits per heavy atom. The molecule has 0 heterocycles. The molecule has 1 N–H and O–H groups in total. The van der Waals surface area contributed by atoms with Gasteiger partial charge in [0.05, 0.1) is 10.5 Å². The Morgan fingerprint density at radius 2 is 1.84 bits per heavy atom. The van der Waals surface area contributed by atoms with Crippen molar-refractivity contribution in [3.63, 3.8) is 0 Å². The molecular weight excluding hydrogens is 331 g/mol. The molecule has 0 radical (unpaired) electrons. The molecule has 0 aliphatic rings. The Morgan fingerprint density at radius 3 is 2.52 bits per heavy atom. The molecule has 2 aromatic carbocycles. The summed E-state index contributed by atoms with van der Waals surface area (Å²) >= 11 is 0. The number of benzene rings is 2. The largest absolute Gasteiger partial charge is 0.452 e. The highest BCUT2D eigenvalue weighted by Crippen LogP contribution is 2.18. The number of nitro benzene ring substituents is 1. The zero-order valence-corrected chi connectivity index (χ0v) is 12.8. The molecule has 0 saturated carbocycles. The Hall–Kier alpha value is -3.55. The van der Waals surface area contributed by atoms with Crippen LogP contribution in [0.25, 0.3) is 6.08 Å². The van der Waals surface area contributed by atoms with Crippen molar-refractivity contribution in [3.05, 3.63) is 76.1 Å². The number of halogens is 1. The number of esters is 1. The van der Waals surface area contributed by atoms with Gasteiger partial charge in [0, 0.05) is 17.8 Å². The number of ether oxygens (including phenoxy) is 1. The number of amides is 1. The first-order valence-electron chi connectivity index (χ1n) is 7.09. The molecule has 0 fully saturated rings. The number of carbonyl (C=O) groups excluding carboxylic acids is 2. The number of nitrogens with zero attached hydrogens (tertiary/aromatic N) is 1. The highest BCUT2D eigenvalue weighted by molar-refractivity contribution is 5.94. The van der Waals surface area contributed by atoms with Crippen molar-refractivity contribution in [1.29, 1.82) is 0 Å². The summed E-state index contributed by atoms with van der Waals surface area (Å²) in [6.07, 6.45) is 2.23. The van der Waals surface area contributed by atoms with Gasteiger partial charge < -0.3 is 10.1 Å². The van der Waals surface area contributed by atoms with Crippen molar-refractivity contribution in [3.8, 4) is 0 Å². The Bertz CT molecular complexity index is 818. The van der Waals surface area contributed by atoms with E-state index in [2.05, 4.69) is 5.32 Å². The molecule has 0 saturated heterocycles. The van der Waals surface area contributed by atoms with E-state index in [1.807, 2.05) is 0 Å². The lowest BCUT2D eigenvalue weighted by Crippen LogP contribution is -2.20. The fourth-order valence-corrected chi connectivity index (χ4v) is 1.87. The monoisotopic (exact) mass is 344 g/mol. The van der Waals surface area contributed by atoms with Crippen molar-refractivity contribution >= 4 is 29.3 Å². The van der Waals surface area contributed by atoms with Crippen LogP contribution in [0.2, 0.25) is 0 Å². The molecular formula is C17H13FN2O5. The molecule has 0 unspecified atom stereocenters. The number of carbonyl (C=O) groups is 2. The Labute approximate surface area is 141 Å². The predicted octanol–water partition coefficient (Wildman–Crippen LogP) is 2.93. The van der Waals surface area contributed by atoms with Crippen molar-refractivity contribution in [2.75, 3.05) is 11.9 Å². The summed E-state index contributed by atoms with van der Waals surface area (Å²) in [5, 5.41) is 13.3. The van der Waals surface area contributed by atoms with Gasteiger partial charge in [-0.3, -0.25) is 14.9 Å². The quantitative estimate of drug-likeness (QED) is 0.376. The van der Waals surface area contributed by atoms with Crippen LogP contribution in [0.15, 0.2) is 54.6 Å². The van der Waals surface area contributed by atoms with E-state index >= 15 is 0 Å². The first kappa shape index (κ1) is 17.8. The molecule has 2 aromatic rings. The third-order valence-electron chi connectivity index (χ3n) is 3.01. The topological polar surface area (TPSA) is 98.5 Å². The van der Waals surface area contributed by atoms with Crippen LogP contribution in [-0.4, -0.2) is 23.4 Å². The molecule has 7 nitrogen and oxygen atoms in total. The zero-order valence-electron chi connectivity index (χ0n) is 12.8. The van der Waals surface area contributed by atoms with Crippen LogP contribution in [0.1, 0.15) is 5.56 Å². The van der Waals surface area contributed by atoms with Gasteiger partial charge in [-0.15, -0.1) is 0 Å². The fraction of sp³-hybridized carbons (Fsp3) is 0.0588. The third-order valence-corrected chi connectivity index (χ3v) is 3.01. The lowest BCUT2D eigenvalue weighted by atomic mass is 10.1. The van der Waals surface area contributed by atoms with Crippen LogP contribution >= 0.6 is 0 Å². The van der Waals surface area contributed by atoms with Gasteiger partial charge in [-0.2, -0.15) is 0 Å². The number of para-hydroxylation sites is 1. The van der Waals surface area contributed by atoms with Gasteiger partial charge in [-0.1, -0.05) is 12.1 Å². The van der Waals surface area contributed by atoms with Crippen LogP contribution in [0.5, 0.6) is 0 Å². The molecule has 0 aliphatic carbocycles. The van der Waals surface area contributed by atoms with Crippen LogP contribution < -0.4 is 5.32 Å². The first-order valence-corrected chi connectivity index (χ1v) is 7.09. The average Bonchev–Trinajstić information content (AvgIpc) is 2.60. The average molecular weight is 344 g/mol. The molecule has 1 amide bonds. The SMILES string of the molecule is O=C(COC(=O)/C=C/c1ccccc1[N+](=O)[O-])Nc1ccc(F)cc1. The maximum atomic E-state index is 12.7. The number of hydrogen-bond acceptors (Lipinski definition) is 5. The summed E-state index contributed by atoms with van der Waals surface area (Å²) in [4.78, 5) is 33.5. The van der Waals surface area contributed by atoms with Gasteiger partial charge >= 0.3 is 5.97 Å². The van der Waals surface area contributed by atoms with Gasteiger partial charge in [0.25, 0.3) is 11.6 Å². The summed E-state index contributed by atoms with van der Waals surface area (Å²) < 4.78 is 17.5. The number of anilines is 1. The smallest absolute Gasteiger partial charge is 0.331 e. The molecule has 2 rings (SSSR count). The second-order valence-corrected chi connectivity index (χ2v) is 4.81. The molecule has 128 valence electrons. The lowest BCUT2D eigenvalue weighted by molar-refractivity contribution is -0.385. The van der Waals surface area contributed by atoms with Gasteiger partial charge in [0.2, 0.25) is 0 Å². The standard InChI is InChI=1S/C17H13FN2O5/c18-13-6-8-14(9-7-13)19-16(21)11-25-17(22)10-5-12-3-1-2-4-15(12)20(23)24/h1-10H,11H2,(H,19,21)/b10-5+. The minimum atomic E-state index is -0.826. The van der Waals surface area contributed by atoms with Gasteiger partial charge in [0.1, 0.15) is 5.82 Å². The molecule has 0 bridgehead atoms. The number of nitro groups is 1. The van der Waals surface area contributed by atoms with E-state index < -0.39 is 29.2 Å². The van der Waals surface area contributed by atoms with E-state index in [4.69, 9.17) is 4.74 Å². The van der Waals surface area contributed by atoms with E-state index in [1.54, 1.807) is 6.07 Å². The predicted molar refractivity (Wildman–Crippen MR) is 88.1 cm³/mol. The molecule has 0 atom stereocenters. The van der Waals surface area contributed by atoms with Crippen LogP contribution in [0.4, 0.5) is 15.8 Å². The van der Waals surface area contributed by atoms with Crippen molar-refractivity contribution in [2.24, 2.45) is 0 Å². The number of rotatable bonds is 6. The van der Waals surface area contributed by atoms with Gasteiger partial charge in [-0.05, 0) is 36.4 Å². The van der Waals surface area contributed by atoms with Crippen molar-refractivity contribution in [2.45, 2.75) is 0 Å². The van der Waals surface area contributed by atoms with E-state index in [0.29, 0.717) is 5.69 Å². The molecule has 0 aliphatic heterocycles. The Kier molecular flexibility index (Phi) is 5.94. The number of hydrogen-bond donors (Lipinski definition) is 1. The highest BCUT2D eigenvalue weighted by atomic mass is 19.1. The highest BCUT2D eigenvalue weighted by Gasteiger charge is 2.10. The van der Waals surface area contributed by atoms with Crippen LogP contribution in [-0.2, 0) is 14.3 Å². The van der Waals surface area contributed by atoms with E-state index in [0.717, 1.165) is 6.08 Å². The summed E-state index contributed by atoms with van der Waals surface area (Å²) in [5.74, 6) is -1.86. The second kappa shape index (κ2) is 8.34. The van der Waals surface area contributed by atoms with E-state index in [1.165, 1.54) is 48.5 Å². The second-order valence-electron chi connectivity index (χ2n) is 4.81. The molecule has 25 heavy (non-hydrogen) atoms. The fourth-order valence-electron chi connectivity index (χ4n) is 1.87. The third kappa shape index (κ3) is 5.54. The first-order chi connectivity index (χ1) is 12.0. The minimum Gasteiger partial charge on any atom is -0.452 e. The maximum Gasteiger partial charge on any atom is 0.331 e. The molecule has 0 aromatic heterocycles. The summed E-state index contributed by atoms with van der Waals surface area (Å²) in [5.41, 5.74) is 0.443. The maximum absolute atomic E-state index is 12.7. The summed E-state index contributed by atoms with van der Waals surface area (Å²) in [7, 11) is 0. The normalized spacial score (nSPS) is 10.4. The lowest BCUT2D eigenvalue weighted by Gasteiger charge is -2.05. The minimum absolute atomic E-state index is 0.152. The van der Waals surface area contributed by atoms with Crippen LogP contribution in [0.3, 0.4) is 0 Å². The summed E-state index contributed by atoms with van der Waals surface area (Å²) in [6.45, 7) is -0.544. The van der Waals surface area contributed by atoms with Crippen LogP contribution in [0, 0.1) is 15.9 Å². The number of nitrogens with one attached hydrogen (secondary N) is 1. The van der Waals surface area contributed by atoms with E-state index in [9.17, 15) is 24.1 Å². The van der Waals surface area contributed by atoms with Crippen molar-refractivity contribution in [1.82, 2.24) is 0 Å². The molecule has 0 spiro atoms. The van der Waals surface area contributed by atoms with E-state index in [-0.39, 0.29) is 11.3 Å².